The first kappa shape index (κ1) is 26.4. The number of carbonyl (C=O) groups is 2. The van der Waals surface area contributed by atoms with Gasteiger partial charge in [0, 0.05) is 34.4 Å². The topological polar surface area (TPSA) is 118 Å². The number of halogens is 3. The summed E-state index contributed by atoms with van der Waals surface area (Å²) in [6, 6.07) is 13.1. The van der Waals surface area contributed by atoms with Crippen molar-refractivity contribution in [3.63, 3.8) is 0 Å². The van der Waals surface area contributed by atoms with E-state index in [1.807, 2.05) is 0 Å². The highest BCUT2D eigenvalue weighted by atomic mass is 32.1. The van der Waals surface area contributed by atoms with E-state index in [2.05, 4.69) is 20.9 Å². The molecular formula is C25H26F3N5O3S. The zero-order valence-electron chi connectivity index (χ0n) is 19.7. The van der Waals surface area contributed by atoms with Crippen LogP contribution in [-0.4, -0.2) is 42.2 Å². The van der Waals surface area contributed by atoms with Gasteiger partial charge in [-0.25, -0.2) is 4.98 Å². The Kier molecular flexibility index (Phi) is 8.29. The minimum Gasteiger partial charge on any atom is -0.484 e. The molecule has 2 aromatic carbocycles. The number of aryl methyl sites for hydroxylation is 1. The molecule has 2 amide bonds. The van der Waals surface area contributed by atoms with Crippen LogP contribution in [-0.2, 0) is 17.6 Å². The van der Waals surface area contributed by atoms with E-state index in [0.717, 1.165) is 10.6 Å². The molecule has 0 bridgehead atoms. The number of amides is 2. The summed E-state index contributed by atoms with van der Waals surface area (Å²) in [5.74, 6) is -0.395. The third-order valence-corrected chi connectivity index (χ3v) is 6.70. The van der Waals surface area contributed by atoms with Gasteiger partial charge in [-0.1, -0.05) is 6.07 Å². The fourth-order valence-electron chi connectivity index (χ4n) is 3.83. The zero-order chi connectivity index (χ0) is 26.4. The van der Waals surface area contributed by atoms with E-state index in [4.69, 9.17) is 10.5 Å². The summed E-state index contributed by atoms with van der Waals surface area (Å²) in [5.41, 5.74) is 8.00. The number of aromatic nitrogens is 1. The van der Waals surface area contributed by atoms with Crippen LogP contribution in [0.25, 0.3) is 0 Å². The third kappa shape index (κ3) is 7.92. The molecule has 0 spiro atoms. The standard InChI is InChI=1S/C25H26F3N5O3S/c26-25(27,28)10-11-30-18-8-9-20-21(13-18)37-24(32-20)33-23(35)15-2-1-3-19(12-15)36-14-22(34)31-17-6-4-16(29)5-7-17/h1-7,12,18,30H,8-11,13-14,29H2,(H,31,34)(H,32,33,35)/t18-/m0/s1. The van der Waals surface area contributed by atoms with Gasteiger partial charge in [-0.05, 0) is 61.7 Å². The van der Waals surface area contributed by atoms with Crippen molar-refractivity contribution in [1.29, 1.82) is 0 Å². The number of nitrogen functional groups attached to an aromatic ring is 1. The van der Waals surface area contributed by atoms with Gasteiger partial charge >= 0.3 is 6.18 Å². The Labute approximate surface area is 215 Å². The molecule has 12 heteroatoms. The average molecular weight is 534 g/mol. The van der Waals surface area contributed by atoms with Crippen molar-refractivity contribution in [2.75, 3.05) is 29.5 Å². The molecule has 1 aliphatic carbocycles. The number of carbonyl (C=O) groups excluding carboxylic acids is 2. The first-order valence-corrected chi connectivity index (χ1v) is 12.4. The number of anilines is 3. The van der Waals surface area contributed by atoms with E-state index in [9.17, 15) is 22.8 Å². The van der Waals surface area contributed by atoms with Crippen LogP contribution >= 0.6 is 11.3 Å². The molecule has 5 N–H and O–H groups in total. The maximum absolute atomic E-state index is 12.8. The van der Waals surface area contributed by atoms with Crippen molar-refractivity contribution in [3.05, 3.63) is 64.7 Å². The third-order valence-electron chi connectivity index (χ3n) is 5.66. The Bertz CT molecular complexity index is 1250. The average Bonchev–Trinajstić information content (AvgIpc) is 3.25. The molecule has 8 nitrogen and oxygen atoms in total. The number of ether oxygens (including phenoxy) is 1. The second-order valence-corrected chi connectivity index (χ2v) is 9.67. The Balaban J connectivity index is 1.28. The van der Waals surface area contributed by atoms with E-state index in [-0.39, 0.29) is 31.0 Å². The van der Waals surface area contributed by atoms with Crippen LogP contribution in [0.4, 0.5) is 29.7 Å². The highest BCUT2D eigenvalue weighted by Crippen LogP contribution is 2.30. The Morgan fingerprint density at radius 2 is 1.92 bits per heavy atom. The summed E-state index contributed by atoms with van der Waals surface area (Å²) >= 11 is 1.32. The highest BCUT2D eigenvalue weighted by molar-refractivity contribution is 7.15. The van der Waals surface area contributed by atoms with Gasteiger partial charge in [0.15, 0.2) is 11.7 Å². The van der Waals surface area contributed by atoms with Gasteiger partial charge in [0.05, 0.1) is 12.1 Å². The maximum Gasteiger partial charge on any atom is 0.390 e. The Hall–Kier alpha value is -3.64. The molecule has 37 heavy (non-hydrogen) atoms. The van der Waals surface area contributed by atoms with Crippen LogP contribution in [0, 0.1) is 0 Å². The number of fused-ring (bicyclic) bond motifs is 1. The van der Waals surface area contributed by atoms with Crippen molar-refractivity contribution in [2.45, 2.75) is 37.9 Å². The van der Waals surface area contributed by atoms with E-state index in [1.165, 1.54) is 17.4 Å². The monoisotopic (exact) mass is 533 g/mol. The number of hydrogen-bond acceptors (Lipinski definition) is 7. The Morgan fingerprint density at radius 3 is 2.68 bits per heavy atom. The van der Waals surface area contributed by atoms with E-state index < -0.39 is 12.6 Å². The molecule has 3 aromatic rings. The summed E-state index contributed by atoms with van der Waals surface area (Å²) in [7, 11) is 0. The molecule has 196 valence electrons. The second-order valence-electron chi connectivity index (χ2n) is 8.59. The largest absolute Gasteiger partial charge is 0.484 e. The second kappa shape index (κ2) is 11.6. The lowest BCUT2D eigenvalue weighted by molar-refractivity contribution is -0.133. The highest BCUT2D eigenvalue weighted by Gasteiger charge is 2.28. The Morgan fingerprint density at radius 1 is 1.14 bits per heavy atom. The molecule has 0 radical (unpaired) electrons. The minimum absolute atomic E-state index is 0.0510. The van der Waals surface area contributed by atoms with Crippen LogP contribution in [0.3, 0.4) is 0 Å². The molecular weight excluding hydrogens is 507 g/mol. The molecule has 0 fully saturated rings. The first-order valence-electron chi connectivity index (χ1n) is 11.6. The number of thiazole rings is 1. The normalized spacial score (nSPS) is 15.1. The van der Waals surface area contributed by atoms with Crippen molar-refractivity contribution >= 4 is 39.7 Å². The van der Waals surface area contributed by atoms with Gasteiger partial charge < -0.3 is 21.1 Å². The smallest absolute Gasteiger partial charge is 0.390 e. The van der Waals surface area contributed by atoms with E-state index in [1.54, 1.807) is 42.5 Å². The van der Waals surface area contributed by atoms with Gasteiger partial charge in [0.25, 0.3) is 11.8 Å². The summed E-state index contributed by atoms with van der Waals surface area (Å²) < 4.78 is 42.7. The quantitative estimate of drug-likeness (QED) is 0.303. The molecule has 0 saturated carbocycles. The van der Waals surface area contributed by atoms with Crippen molar-refractivity contribution < 1.29 is 27.5 Å². The van der Waals surface area contributed by atoms with E-state index >= 15 is 0 Å². The molecule has 0 unspecified atom stereocenters. The predicted molar refractivity (Wildman–Crippen MR) is 136 cm³/mol. The molecule has 1 aliphatic rings. The number of nitrogens with two attached hydrogens (primary N) is 1. The van der Waals surface area contributed by atoms with E-state index in [0.29, 0.717) is 47.1 Å². The van der Waals surface area contributed by atoms with Crippen LogP contribution in [0.1, 0.15) is 33.8 Å². The van der Waals surface area contributed by atoms with Crippen LogP contribution in [0.15, 0.2) is 48.5 Å². The lowest BCUT2D eigenvalue weighted by atomic mass is 9.97. The lowest BCUT2D eigenvalue weighted by Gasteiger charge is -2.22. The van der Waals surface area contributed by atoms with Crippen molar-refractivity contribution in [2.24, 2.45) is 0 Å². The molecule has 1 aromatic heterocycles. The molecule has 1 heterocycles. The van der Waals surface area contributed by atoms with Crippen LogP contribution in [0.5, 0.6) is 5.75 Å². The van der Waals surface area contributed by atoms with Gasteiger partial charge in [-0.15, -0.1) is 11.3 Å². The van der Waals surface area contributed by atoms with Gasteiger partial charge in [-0.3, -0.25) is 14.9 Å². The zero-order valence-corrected chi connectivity index (χ0v) is 20.5. The van der Waals surface area contributed by atoms with Gasteiger partial charge in [0.1, 0.15) is 5.75 Å². The first-order chi connectivity index (χ1) is 17.6. The molecule has 0 saturated heterocycles. The molecule has 1 atom stereocenters. The number of alkyl halides is 3. The number of nitrogens with zero attached hydrogens (tertiary/aromatic N) is 1. The number of rotatable bonds is 9. The van der Waals surface area contributed by atoms with Crippen molar-refractivity contribution in [1.82, 2.24) is 10.3 Å². The molecule has 4 rings (SSSR count). The van der Waals surface area contributed by atoms with Gasteiger partial charge in [0.2, 0.25) is 0 Å². The van der Waals surface area contributed by atoms with Crippen LogP contribution < -0.4 is 26.4 Å². The molecule has 0 aliphatic heterocycles. The SMILES string of the molecule is Nc1ccc(NC(=O)COc2cccc(C(=O)Nc3nc4c(s3)C[C@@H](NCCC(F)(F)F)CC4)c2)cc1. The predicted octanol–water partition coefficient (Wildman–Crippen LogP) is 4.39. The number of hydrogen-bond donors (Lipinski definition) is 4. The fourth-order valence-corrected chi connectivity index (χ4v) is 4.91. The number of benzene rings is 2. The maximum atomic E-state index is 12.8. The lowest BCUT2D eigenvalue weighted by Crippen LogP contribution is -2.36. The van der Waals surface area contributed by atoms with Crippen LogP contribution in [0.2, 0.25) is 0 Å². The van der Waals surface area contributed by atoms with Gasteiger partial charge in [-0.2, -0.15) is 13.2 Å². The summed E-state index contributed by atoms with van der Waals surface area (Å²) in [4.78, 5) is 30.4. The minimum atomic E-state index is -4.18. The summed E-state index contributed by atoms with van der Waals surface area (Å²) in [5, 5.41) is 8.86. The fraction of sp³-hybridized carbons (Fsp3) is 0.320. The number of nitrogens with one attached hydrogen (secondary N) is 3. The summed E-state index contributed by atoms with van der Waals surface area (Å²) in [6.07, 6.45) is -3.15. The summed E-state index contributed by atoms with van der Waals surface area (Å²) in [6.45, 7) is -0.361. The van der Waals surface area contributed by atoms with Crippen molar-refractivity contribution in [3.8, 4) is 5.75 Å².